The second-order valence-electron chi connectivity index (χ2n) is 5.72. The number of hydrogen-bond donors (Lipinski definition) is 1. The zero-order chi connectivity index (χ0) is 18.0. The van der Waals surface area contributed by atoms with Crippen LogP contribution in [0.3, 0.4) is 0 Å². The van der Waals surface area contributed by atoms with Gasteiger partial charge in [-0.15, -0.1) is 0 Å². The maximum atomic E-state index is 11.5. The van der Waals surface area contributed by atoms with Crippen LogP contribution in [0.5, 0.6) is 0 Å². The molecule has 1 N–H and O–H groups in total. The van der Waals surface area contributed by atoms with E-state index < -0.39 is 5.97 Å². The minimum absolute atomic E-state index is 0.283. The number of hydrogen-bond acceptors (Lipinski definition) is 2. The highest BCUT2D eigenvalue weighted by atomic mass is 127. The van der Waals surface area contributed by atoms with Crippen LogP contribution in [-0.2, 0) is 0 Å². The summed E-state index contributed by atoms with van der Waals surface area (Å²) in [7, 11) is 0. The standard InChI is InChI=1S/C20H17IN2O2/c1-13-11-15(12-22-17-9-7-16(21)8-10-17)14(2)23(13)19-6-4-3-5-18(19)20(24)25/h3-12H,1-2H3,(H,24,25). The Kier molecular flexibility index (Phi) is 5.03. The molecule has 3 rings (SSSR count). The monoisotopic (exact) mass is 444 g/mol. The first-order valence-electron chi connectivity index (χ1n) is 7.78. The molecular weight excluding hydrogens is 427 g/mol. The second-order valence-corrected chi connectivity index (χ2v) is 6.96. The summed E-state index contributed by atoms with van der Waals surface area (Å²) in [5.74, 6) is -0.933. The summed E-state index contributed by atoms with van der Waals surface area (Å²) in [5, 5.41) is 9.45. The number of aromatic nitrogens is 1. The van der Waals surface area contributed by atoms with E-state index in [-0.39, 0.29) is 5.56 Å². The Bertz CT molecular complexity index is 956. The summed E-state index contributed by atoms with van der Waals surface area (Å²) in [6.45, 7) is 3.94. The molecule has 126 valence electrons. The Morgan fingerprint density at radius 2 is 1.80 bits per heavy atom. The highest BCUT2D eigenvalue weighted by Gasteiger charge is 2.15. The summed E-state index contributed by atoms with van der Waals surface area (Å²) in [6.07, 6.45) is 1.82. The Balaban J connectivity index is 2.02. The third-order valence-electron chi connectivity index (χ3n) is 4.02. The molecular formula is C20H17IN2O2. The molecule has 0 saturated carbocycles. The minimum Gasteiger partial charge on any atom is -0.478 e. The first-order valence-corrected chi connectivity index (χ1v) is 8.86. The van der Waals surface area contributed by atoms with E-state index in [9.17, 15) is 9.90 Å². The van der Waals surface area contributed by atoms with Gasteiger partial charge in [0.05, 0.1) is 16.9 Å². The van der Waals surface area contributed by atoms with Crippen molar-refractivity contribution in [3.05, 3.63) is 80.7 Å². The van der Waals surface area contributed by atoms with E-state index in [4.69, 9.17) is 0 Å². The Labute approximate surface area is 160 Å². The van der Waals surface area contributed by atoms with Gasteiger partial charge in [-0.05, 0) is 78.9 Å². The van der Waals surface area contributed by atoms with Crippen LogP contribution in [-0.4, -0.2) is 21.9 Å². The highest BCUT2D eigenvalue weighted by molar-refractivity contribution is 14.1. The fourth-order valence-electron chi connectivity index (χ4n) is 2.81. The largest absolute Gasteiger partial charge is 0.478 e. The number of aromatic carboxylic acids is 1. The van der Waals surface area contributed by atoms with E-state index in [0.29, 0.717) is 5.69 Å². The van der Waals surface area contributed by atoms with Crippen molar-refractivity contribution in [2.45, 2.75) is 13.8 Å². The molecule has 0 amide bonds. The lowest BCUT2D eigenvalue weighted by Crippen LogP contribution is -2.07. The normalized spacial score (nSPS) is 11.2. The smallest absolute Gasteiger partial charge is 0.337 e. The molecule has 0 aliphatic carbocycles. The number of halogens is 1. The molecule has 1 heterocycles. The number of rotatable bonds is 4. The van der Waals surface area contributed by atoms with Crippen LogP contribution in [0.15, 0.2) is 59.6 Å². The average molecular weight is 444 g/mol. The molecule has 0 spiro atoms. The van der Waals surface area contributed by atoms with Gasteiger partial charge in [0.2, 0.25) is 0 Å². The summed E-state index contributed by atoms with van der Waals surface area (Å²) in [5.41, 5.74) is 4.73. The molecule has 0 atom stereocenters. The molecule has 1 aromatic heterocycles. The van der Waals surface area contributed by atoms with Gasteiger partial charge < -0.3 is 9.67 Å². The molecule has 4 nitrogen and oxygen atoms in total. The number of nitrogens with zero attached hydrogens (tertiary/aromatic N) is 2. The molecule has 0 aliphatic rings. The molecule has 0 radical (unpaired) electrons. The number of aliphatic imine (C=N–C) groups is 1. The van der Waals surface area contributed by atoms with Crippen LogP contribution in [0.1, 0.15) is 27.3 Å². The molecule has 0 fully saturated rings. The topological polar surface area (TPSA) is 54.6 Å². The molecule has 3 aromatic rings. The zero-order valence-corrected chi connectivity index (χ0v) is 16.1. The quantitative estimate of drug-likeness (QED) is 0.447. The summed E-state index contributed by atoms with van der Waals surface area (Å²) >= 11 is 2.26. The molecule has 25 heavy (non-hydrogen) atoms. The van der Waals surface area contributed by atoms with Gasteiger partial charge in [0, 0.05) is 26.7 Å². The van der Waals surface area contributed by atoms with Crippen molar-refractivity contribution in [1.82, 2.24) is 4.57 Å². The van der Waals surface area contributed by atoms with E-state index in [0.717, 1.165) is 22.6 Å². The van der Waals surface area contributed by atoms with Crippen molar-refractivity contribution in [2.24, 2.45) is 4.99 Å². The third kappa shape index (κ3) is 3.66. The lowest BCUT2D eigenvalue weighted by atomic mass is 10.1. The lowest BCUT2D eigenvalue weighted by molar-refractivity contribution is 0.0697. The molecule has 0 bridgehead atoms. The second kappa shape index (κ2) is 7.23. The Morgan fingerprint density at radius 1 is 1.12 bits per heavy atom. The number of carboxylic acid groups (broad SMARTS) is 1. The predicted octanol–water partition coefficient (Wildman–Crippen LogP) is 5.15. The molecule has 0 saturated heterocycles. The molecule has 0 unspecified atom stereocenters. The summed E-state index contributed by atoms with van der Waals surface area (Å²) in [6, 6.07) is 17.0. The first kappa shape index (κ1) is 17.4. The van der Waals surface area contributed by atoms with E-state index in [1.807, 2.05) is 67.1 Å². The van der Waals surface area contributed by atoms with E-state index in [2.05, 4.69) is 27.6 Å². The SMILES string of the molecule is Cc1cc(C=Nc2ccc(I)cc2)c(C)n1-c1ccccc1C(=O)O. The van der Waals surface area contributed by atoms with Gasteiger partial charge in [-0.3, -0.25) is 4.99 Å². The summed E-state index contributed by atoms with van der Waals surface area (Å²) in [4.78, 5) is 16.0. The average Bonchev–Trinajstić information content (AvgIpc) is 2.88. The number of carboxylic acids is 1. The maximum absolute atomic E-state index is 11.5. The molecule has 0 aliphatic heterocycles. The van der Waals surface area contributed by atoms with E-state index in [1.165, 1.54) is 3.57 Å². The van der Waals surface area contributed by atoms with Gasteiger partial charge in [0.1, 0.15) is 0 Å². The van der Waals surface area contributed by atoms with Gasteiger partial charge >= 0.3 is 5.97 Å². The van der Waals surface area contributed by atoms with Crippen molar-refractivity contribution in [1.29, 1.82) is 0 Å². The number of benzene rings is 2. The van der Waals surface area contributed by atoms with Gasteiger partial charge in [-0.25, -0.2) is 4.79 Å². The van der Waals surface area contributed by atoms with Crippen LogP contribution >= 0.6 is 22.6 Å². The van der Waals surface area contributed by atoms with E-state index >= 15 is 0 Å². The Morgan fingerprint density at radius 3 is 2.48 bits per heavy atom. The predicted molar refractivity (Wildman–Crippen MR) is 109 cm³/mol. The van der Waals surface area contributed by atoms with Gasteiger partial charge in [0.25, 0.3) is 0 Å². The first-order chi connectivity index (χ1) is 12.0. The zero-order valence-electron chi connectivity index (χ0n) is 13.9. The number of para-hydroxylation sites is 1. The van der Waals surface area contributed by atoms with Crippen molar-refractivity contribution in [3.8, 4) is 5.69 Å². The van der Waals surface area contributed by atoms with Crippen molar-refractivity contribution >= 4 is 40.5 Å². The molecule has 2 aromatic carbocycles. The fraction of sp³-hybridized carbons (Fsp3) is 0.100. The maximum Gasteiger partial charge on any atom is 0.337 e. The summed E-state index contributed by atoms with van der Waals surface area (Å²) < 4.78 is 3.12. The Hall–Kier alpha value is -2.41. The number of aryl methyl sites for hydroxylation is 1. The van der Waals surface area contributed by atoms with Crippen molar-refractivity contribution in [3.63, 3.8) is 0 Å². The van der Waals surface area contributed by atoms with E-state index in [1.54, 1.807) is 12.1 Å². The van der Waals surface area contributed by atoms with Crippen LogP contribution in [0.2, 0.25) is 0 Å². The lowest BCUT2D eigenvalue weighted by Gasteiger charge is -2.12. The van der Waals surface area contributed by atoms with Gasteiger partial charge in [0.15, 0.2) is 0 Å². The fourth-order valence-corrected chi connectivity index (χ4v) is 3.17. The van der Waals surface area contributed by atoms with Crippen LogP contribution in [0, 0.1) is 17.4 Å². The highest BCUT2D eigenvalue weighted by Crippen LogP contribution is 2.23. The minimum atomic E-state index is -0.933. The molecule has 5 heteroatoms. The van der Waals surface area contributed by atoms with Crippen LogP contribution < -0.4 is 0 Å². The third-order valence-corrected chi connectivity index (χ3v) is 4.74. The van der Waals surface area contributed by atoms with Gasteiger partial charge in [-0.1, -0.05) is 12.1 Å². The number of carbonyl (C=O) groups is 1. The van der Waals surface area contributed by atoms with Crippen molar-refractivity contribution < 1.29 is 9.90 Å². The van der Waals surface area contributed by atoms with Crippen LogP contribution in [0.25, 0.3) is 5.69 Å². The van der Waals surface area contributed by atoms with Crippen molar-refractivity contribution in [2.75, 3.05) is 0 Å². The van der Waals surface area contributed by atoms with Gasteiger partial charge in [-0.2, -0.15) is 0 Å². The van der Waals surface area contributed by atoms with Crippen LogP contribution in [0.4, 0.5) is 5.69 Å².